The van der Waals surface area contributed by atoms with E-state index < -0.39 is 17.9 Å². The molecule has 1 aromatic heterocycles. The number of nitrogens with zero attached hydrogens (tertiary/aromatic N) is 3. The van der Waals surface area contributed by atoms with E-state index in [-0.39, 0.29) is 23.7 Å². The zero-order valence-corrected chi connectivity index (χ0v) is 24.6. The third kappa shape index (κ3) is 5.46. The lowest BCUT2D eigenvalue weighted by Gasteiger charge is -2.35. The number of aromatic carboxylic acids is 1. The highest BCUT2D eigenvalue weighted by atomic mass is 35.5. The molecular formula is C33H33ClFN3O5. The second-order valence-electron chi connectivity index (χ2n) is 11.8. The van der Waals surface area contributed by atoms with Gasteiger partial charge in [-0.15, -0.1) is 0 Å². The van der Waals surface area contributed by atoms with Gasteiger partial charge in [-0.3, -0.25) is 4.90 Å². The van der Waals surface area contributed by atoms with Crippen LogP contribution in [0.15, 0.2) is 54.6 Å². The van der Waals surface area contributed by atoms with Crippen LogP contribution in [0.4, 0.5) is 4.39 Å². The Labute approximate surface area is 253 Å². The van der Waals surface area contributed by atoms with Crippen molar-refractivity contribution in [1.82, 2.24) is 14.5 Å². The average Bonchev–Trinajstić information content (AvgIpc) is 3.72. The van der Waals surface area contributed by atoms with Crippen molar-refractivity contribution in [1.29, 1.82) is 0 Å². The molecule has 3 aliphatic rings. The summed E-state index contributed by atoms with van der Waals surface area (Å²) in [6.45, 7) is 3.27. The van der Waals surface area contributed by atoms with Crippen LogP contribution in [0.3, 0.4) is 0 Å². The molecule has 10 heteroatoms. The Hall–Kier alpha value is -3.66. The minimum Gasteiger partial charge on any atom is -0.485 e. The minimum absolute atomic E-state index is 0.212. The summed E-state index contributed by atoms with van der Waals surface area (Å²) in [5.74, 6) is 1.21. The summed E-state index contributed by atoms with van der Waals surface area (Å²) in [4.78, 5) is 19.0. The van der Waals surface area contributed by atoms with Gasteiger partial charge in [-0.25, -0.2) is 14.2 Å². The number of rotatable bonds is 8. The molecule has 2 fully saturated rings. The number of carboxylic acids is 1. The van der Waals surface area contributed by atoms with E-state index in [1.54, 1.807) is 37.4 Å². The molecule has 1 saturated heterocycles. The Kier molecular flexibility index (Phi) is 7.27. The van der Waals surface area contributed by atoms with E-state index in [0.717, 1.165) is 61.2 Å². The topological polar surface area (TPSA) is 86.0 Å². The number of benzene rings is 3. The van der Waals surface area contributed by atoms with Gasteiger partial charge in [-0.1, -0.05) is 29.8 Å². The van der Waals surface area contributed by atoms with Crippen molar-refractivity contribution in [2.24, 2.45) is 0 Å². The van der Waals surface area contributed by atoms with Crippen molar-refractivity contribution >= 4 is 28.6 Å². The lowest BCUT2D eigenvalue weighted by atomic mass is 9.88. The SMILES string of the molecule is COC1(Cn2c(CN3CCC(c4cccc5c4OC(c4ccc(Cl)cc4F)CO5)CC3)nc3ccc(C(=O)O)cc32)CC1. The van der Waals surface area contributed by atoms with Crippen LogP contribution in [0.2, 0.25) is 5.02 Å². The predicted octanol–water partition coefficient (Wildman–Crippen LogP) is 6.60. The first kappa shape index (κ1) is 28.1. The molecule has 0 spiro atoms. The van der Waals surface area contributed by atoms with Gasteiger partial charge in [0.1, 0.15) is 18.2 Å². The molecule has 224 valence electrons. The first-order valence-electron chi connectivity index (χ1n) is 14.7. The van der Waals surface area contributed by atoms with Gasteiger partial charge in [-0.05, 0) is 81.1 Å². The van der Waals surface area contributed by atoms with E-state index in [1.165, 1.54) is 6.07 Å². The molecule has 0 radical (unpaired) electrons. The molecule has 7 rings (SSSR count). The van der Waals surface area contributed by atoms with Crippen molar-refractivity contribution in [3.63, 3.8) is 0 Å². The van der Waals surface area contributed by atoms with Crippen LogP contribution in [-0.4, -0.2) is 57.9 Å². The number of piperidine rings is 1. The van der Waals surface area contributed by atoms with Gasteiger partial charge < -0.3 is 23.9 Å². The van der Waals surface area contributed by atoms with Crippen molar-refractivity contribution in [3.05, 3.63) is 88.0 Å². The molecule has 1 unspecified atom stereocenters. The van der Waals surface area contributed by atoms with Crippen molar-refractivity contribution in [3.8, 4) is 11.5 Å². The van der Waals surface area contributed by atoms with E-state index in [2.05, 4.69) is 15.5 Å². The van der Waals surface area contributed by atoms with Crippen LogP contribution in [0.1, 0.15) is 65.0 Å². The van der Waals surface area contributed by atoms with Gasteiger partial charge in [-0.2, -0.15) is 0 Å². The van der Waals surface area contributed by atoms with Gasteiger partial charge >= 0.3 is 5.97 Å². The number of aromatic nitrogens is 2. The molecule has 1 N–H and O–H groups in total. The Balaban J connectivity index is 1.09. The number of carboxylic acid groups (broad SMARTS) is 1. The van der Waals surface area contributed by atoms with Gasteiger partial charge in [0.05, 0.1) is 35.3 Å². The molecule has 1 aliphatic carbocycles. The fourth-order valence-corrected chi connectivity index (χ4v) is 6.57. The number of hydrogen-bond acceptors (Lipinski definition) is 6. The maximum Gasteiger partial charge on any atom is 0.335 e. The minimum atomic E-state index is -0.951. The van der Waals surface area contributed by atoms with Crippen molar-refractivity contribution in [2.45, 2.75) is 56.4 Å². The quantitative estimate of drug-likeness (QED) is 0.242. The summed E-state index contributed by atoms with van der Waals surface area (Å²) in [7, 11) is 1.74. The number of carbonyl (C=O) groups is 1. The lowest BCUT2D eigenvalue weighted by Crippen LogP contribution is -2.34. The number of para-hydroxylation sites is 1. The van der Waals surface area contributed by atoms with E-state index >= 15 is 0 Å². The molecule has 3 heterocycles. The third-order valence-electron chi connectivity index (χ3n) is 9.12. The summed E-state index contributed by atoms with van der Waals surface area (Å²) < 4.78 is 35.1. The number of ether oxygens (including phenoxy) is 3. The first-order chi connectivity index (χ1) is 20.8. The van der Waals surface area contributed by atoms with Gasteiger partial charge in [0.15, 0.2) is 17.6 Å². The van der Waals surface area contributed by atoms with Crippen LogP contribution in [0, 0.1) is 5.82 Å². The lowest BCUT2D eigenvalue weighted by molar-refractivity contribution is 0.0644. The number of halogens is 2. The molecule has 4 aromatic rings. The maximum absolute atomic E-state index is 14.7. The zero-order chi connectivity index (χ0) is 29.7. The zero-order valence-electron chi connectivity index (χ0n) is 23.9. The van der Waals surface area contributed by atoms with E-state index in [4.69, 9.17) is 30.8 Å². The van der Waals surface area contributed by atoms with E-state index in [1.807, 2.05) is 12.1 Å². The molecule has 0 bridgehead atoms. The highest BCUT2D eigenvalue weighted by Gasteiger charge is 2.44. The number of hydrogen-bond donors (Lipinski definition) is 1. The fraction of sp³-hybridized carbons (Fsp3) is 0.394. The van der Waals surface area contributed by atoms with E-state index in [0.29, 0.717) is 35.2 Å². The van der Waals surface area contributed by atoms with Crippen LogP contribution in [0.5, 0.6) is 11.5 Å². The molecule has 2 aliphatic heterocycles. The molecule has 0 amide bonds. The highest BCUT2D eigenvalue weighted by molar-refractivity contribution is 6.30. The smallest absolute Gasteiger partial charge is 0.335 e. The molecule has 8 nitrogen and oxygen atoms in total. The molecule has 3 aromatic carbocycles. The Morgan fingerprint density at radius 1 is 1.14 bits per heavy atom. The number of methoxy groups -OCH3 is 1. The van der Waals surface area contributed by atoms with Crippen LogP contribution in [-0.2, 0) is 17.8 Å². The Morgan fingerprint density at radius 2 is 1.95 bits per heavy atom. The highest BCUT2D eigenvalue weighted by Crippen LogP contribution is 2.45. The summed E-state index contributed by atoms with van der Waals surface area (Å²) in [5.41, 5.74) is 3.17. The third-order valence-corrected chi connectivity index (χ3v) is 9.36. The summed E-state index contributed by atoms with van der Waals surface area (Å²) in [6, 6.07) is 15.7. The largest absolute Gasteiger partial charge is 0.485 e. The molecule has 1 saturated carbocycles. The van der Waals surface area contributed by atoms with Gasteiger partial charge in [0.2, 0.25) is 0 Å². The second-order valence-corrected chi connectivity index (χ2v) is 12.3. The standard InChI is InChI=1S/C33H33ClFN3O5/c1-41-33(11-12-33)19-38-27-15-21(32(39)40)5-8-26(27)36-30(38)17-37-13-9-20(10-14-37)23-3-2-4-28-31(23)43-29(18-42-28)24-7-6-22(34)16-25(24)35/h2-8,15-16,20,29H,9-14,17-19H2,1H3,(H,39,40). The van der Waals surface area contributed by atoms with E-state index in [9.17, 15) is 14.3 Å². The van der Waals surface area contributed by atoms with Crippen LogP contribution in [0.25, 0.3) is 11.0 Å². The number of imidazole rings is 1. The van der Waals surface area contributed by atoms with Crippen molar-refractivity contribution in [2.75, 3.05) is 26.8 Å². The monoisotopic (exact) mass is 605 g/mol. The summed E-state index contributed by atoms with van der Waals surface area (Å²) >= 11 is 5.96. The Bertz CT molecular complexity index is 1700. The Morgan fingerprint density at radius 3 is 2.67 bits per heavy atom. The van der Waals surface area contributed by atoms with Crippen LogP contribution >= 0.6 is 11.6 Å². The summed E-state index contributed by atoms with van der Waals surface area (Å²) in [5, 5.41) is 9.93. The van der Waals surface area contributed by atoms with Gasteiger partial charge in [0, 0.05) is 23.3 Å². The molecule has 1 atom stereocenters. The normalized spacial score (nSPS) is 19.9. The second kappa shape index (κ2) is 11.1. The predicted molar refractivity (Wildman–Crippen MR) is 160 cm³/mol. The molecule has 43 heavy (non-hydrogen) atoms. The average molecular weight is 606 g/mol. The number of fused-ring (bicyclic) bond motifs is 2. The van der Waals surface area contributed by atoms with Crippen LogP contribution < -0.4 is 9.47 Å². The van der Waals surface area contributed by atoms with Gasteiger partial charge in [0.25, 0.3) is 0 Å². The summed E-state index contributed by atoms with van der Waals surface area (Å²) in [6.07, 6.45) is 3.25. The fourth-order valence-electron chi connectivity index (χ4n) is 6.41. The van der Waals surface area contributed by atoms with Crippen molar-refractivity contribution < 1.29 is 28.5 Å². The maximum atomic E-state index is 14.7. The number of likely N-dealkylation sites (tertiary alicyclic amines) is 1. The molecular weight excluding hydrogens is 573 g/mol. The first-order valence-corrected chi connectivity index (χ1v) is 15.1.